The number of carbonyl (C=O) groups is 1. The predicted molar refractivity (Wildman–Crippen MR) is 69.9 cm³/mol. The number of carbonyl (C=O) groups excluding carboxylic acids is 1. The molecule has 18 heavy (non-hydrogen) atoms. The van der Waals surface area contributed by atoms with Crippen molar-refractivity contribution in [3.8, 4) is 0 Å². The zero-order chi connectivity index (χ0) is 14.0. The Morgan fingerprint density at radius 3 is 2.61 bits per heavy atom. The van der Waals surface area contributed by atoms with E-state index in [9.17, 15) is 13.2 Å². The summed E-state index contributed by atoms with van der Waals surface area (Å²) < 4.78 is 26.0. The molecule has 1 fully saturated rings. The number of sulfonamides is 1. The van der Waals surface area contributed by atoms with Crippen molar-refractivity contribution in [2.45, 2.75) is 33.6 Å². The lowest BCUT2D eigenvalue weighted by Crippen LogP contribution is -2.48. The van der Waals surface area contributed by atoms with Crippen molar-refractivity contribution in [1.29, 1.82) is 0 Å². The molecule has 1 aliphatic heterocycles. The average Bonchev–Trinajstić information content (AvgIpc) is 2.26. The van der Waals surface area contributed by atoms with Crippen molar-refractivity contribution in [2.24, 2.45) is 17.2 Å². The van der Waals surface area contributed by atoms with Gasteiger partial charge >= 0.3 is 0 Å². The van der Waals surface area contributed by atoms with E-state index in [1.54, 1.807) is 13.8 Å². The van der Waals surface area contributed by atoms with Crippen molar-refractivity contribution in [3.63, 3.8) is 0 Å². The molecule has 0 aromatic rings. The van der Waals surface area contributed by atoms with E-state index >= 15 is 0 Å². The monoisotopic (exact) mass is 277 g/mol. The first-order valence-corrected chi connectivity index (χ1v) is 7.79. The Labute approximate surface area is 109 Å². The Kier molecular flexibility index (Phi) is 4.74. The van der Waals surface area contributed by atoms with Crippen LogP contribution < -0.4 is 11.3 Å². The van der Waals surface area contributed by atoms with Gasteiger partial charge in [-0.3, -0.25) is 10.2 Å². The first kappa shape index (κ1) is 15.4. The maximum Gasteiger partial charge on any atom is 0.240 e. The highest BCUT2D eigenvalue weighted by Crippen LogP contribution is 2.24. The molecule has 1 saturated heterocycles. The molecule has 1 heterocycles. The lowest BCUT2D eigenvalue weighted by molar-refractivity contribution is -0.128. The molecule has 6 nitrogen and oxygen atoms in total. The summed E-state index contributed by atoms with van der Waals surface area (Å²) in [6, 6.07) is 0. The molecule has 0 saturated carbocycles. The first-order chi connectivity index (χ1) is 8.19. The van der Waals surface area contributed by atoms with Crippen LogP contribution in [0.2, 0.25) is 0 Å². The summed E-state index contributed by atoms with van der Waals surface area (Å²) in [6.07, 6.45) is 1.93. The SMILES string of the molecule is CC1CCCN(S(=O)(=O)CC(C)(C)C(=O)NN)C1. The molecule has 1 amide bonds. The summed E-state index contributed by atoms with van der Waals surface area (Å²) in [6.45, 7) is 6.30. The van der Waals surface area contributed by atoms with Gasteiger partial charge in [-0.15, -0.1) is 0 Å². The van der Waals surface area contributed by atoms with Gasteiger partial charge in [0.25, 0.3) is 0 Å². The lowest BCUT2D eigenvalue weighted by atomic mass is 9.96. The van der Waals surface area contributed by atoms with Crippen LogP contribution in [0.3, 0.4) is 0 Å². The standard InChI is InChI=1S/C11H23N3O3S/c1-9-5-4-6-14(7-9)18(16,17)8-11(2,3)10(15)13-12/h9H,4-8,12H2,1-3H3,(H,13,15). The Morgan fingerprint density at radius 1 is 1.50 bits per heavy atom. The van der Waals surface area contributed by atoms with Crippen LogP contribution in [0.1, 0.15) is 33.6 Å². The zero-order valence-corrected chi connectivity index (χ0v) is 12.1. The van der Waals surface area contributed by atoms with E-state index in [0.717, 1.165) is 12.8 Å². The molecule has 7 heteroatoms. The van der Waals surface area contributed by atoms with Gasteiger partial charge in [-0.25, -0.2) is 18.6 Å². The van der Waals surface area contributed by atoms with Crippen LogP contribution in [0, 0.1) is 11.3 Å². The van der Waals surface area contributed by atoms with E-state index in [1.165, 1.54) is 4.31 Å². The summed E-state index contributed by atoms with van der Waals surface area (Å²) in [5.74, 6) is 4.77. The van der Waals surface area contributed by atoms with Crippen molar-refractivity contribution < 1.29 is 13.2 Å². The second-order valence-corrected chi connectivity index (χ2v) is 7.69. The van der Waals surface area contributed by atoms with Crippen LogP contribution in [-0.4, -0.2) is 37.5 Å². The van der Waals surface area contributed by atoms with Crippen LogP contribution >= 0.6 is 0 Å². The van der Waals surface area contributed by atoms with Gasteiger partial charge in [-0.2, -0.15) is 0 Å². The third kappa shape index (κ3) is 3.66. The van der Waals surface area contributed by atoms with E-state index in [0.29, 0.717) is 19.0 Å². The number of nitrogens with zero attached hydrogens (tertiary/aromatic N) is 1. The van der Waals surface area contributed by atoms with Gasteiger partial charge in [0.1, 0.15) is 0 Å². The highest BCUT2D eigenvalue weighted by molar-refractivity contribution is 7.89. The van der Waals surface area contributed by atoms with E-state index < -0.39 is 21.3 Å². The van der Waals surface area contributed by atoms with Crippen molar-refractivity contribution in [3.05, 3.63) is 0 Å². The normalized spacial score (nSPS) is 22.8. The number of piperidine rings is 1. The quantitative estimate of drug-likeness (QED) is 0.432. The third-order valence-corrected chi connectivity index (χ3v) is 5.51. The molecule has 0 aromatic carbocycles. The highest BCUT2D eigenvalue weighted by Gasteiger charge is 2.37. The van der Waals surface area contributed by atoms with Crippen LogP contribution in [0.4, 0.5) is 0 Å². The number of hydrogen-bond donors (Lipinski definition) is 2. The minimum atomic E-state index is -3.41. The Balaban J connectivity index is 2.78. The average molecular weight is 277 g/mol. The minimum absolute atomic E-state index is 0.213. The molecular weight excluding hydrogens is 254 g/mol. The number of hydrogen-bond acceptors (Lipinski definition) is 4. The number of nitrogens with one attached hydrogen (secondary N) is 1. The maximum atomic E-state index is 12.3. The summed E-state index contributed by atoms with van der Waals surface area (Å²) in [4.78, 5) is 11.5. The number of amides is 1. The number of nitrogens with two attached hydrogens (primary N) is 1. The van der Waals surface area contributed by atoms with Gasteiger partial charge in [-0.05, 0) is 32.6 Å². The second kappa shape index (κ2) is 5.54. The fourth-order valence-electron chi connectivity index (χ4n) is 2.21. The van der Waals surface area contributed by atoms with Crippen LogP contribution in [0.5, 0.6) is 0 Å². The number of rotatable bonds is 4. The van der Waals surface area contributed by atoms with Gasteiger partial charge in [0, 0.05) is 13.1 Å². The molecule has 0 aromatic heterocycles. The largest absolute Gasteiger partial charge is 0.294 e. The molecule has 106 valence electrons. The molecule has 1 unspecified atom stereocenters. The van der Waals surface area contributed by atoms with Crippen molar-refractivity contribution >= 4 is 15.9 Å². The van der Waals surface area contributed by atoms with Crippen LogP contribution in [0.15, 0.2) is 0 Å². The summed E-state index contributed by atoms with van der Waals surface area (Å²) in [5, 5.41) is 0. The van der Waals surface area contributed by atoms with Gasteiger partial charge in [0.15, 0.2) is 0 Å². The third-order valence-electron chi connectivity index (χ3n) is 3.30. The molecule has 0 spiro atoms. The summed E-state index contributed by atoms with van der Waals surface area (Å²) in [5.41, 5.74) is 0.998. The smallest absolute Gasteiger partial charge is 0.240 e. The van der Waals surface area contributed by atoms with Gasteiger partial charge in [0.2, 0.25) is 15.9 Å². The fourth-order valence-corrected chi connectivity index (χ4v) is 4.32. The molecule has 0 bridgehead atoms. The van der Waals surface area contributed by atoms with Gasteiger partial charge in [0.05, 0.1) is 11.2 Å². The Morgan fingerprint density at radius 2 is 2.11 bits per heavy atom. The molecule has 1 rings (SSSR count). The second-order valence-electron chi connectivity index (χ2n) is 5.72. The van der Waals surface area contributed by atoms with Gasteiger partial charge < -0.3 is 0 Å². The highest BCUT2D eigenvalue weighted by atomic mass is 32.2. The van der Waals surface area contributed by atoms with E-state index in [4.69, 9.17) is 5.84 Å². The van der Waals surface area contributed by atoms with Gasteiger partial charge in [-0.1, -0.05) is 6.92 Å². The molecule has 1 aliphatic rings. The fraction of sp³-hybridized carbons (Fsp3) is 0.909. The van der Waals surface area contributed by atoms with Crippen LogP contribution in [-0.2, 0) is 14.8 Å². The predicted octanol–water partition coefficient (Wildman–Crippen LogP) is 0.0642. The zero-order valence-electron chi connectivity index (χ0n) is 11.3. The van der Waals surface area contributed by atoms with Crippen molar-refractivity contribution in [2.75, 3.05) is 18.8 Å². The molecule has 1 atom stereocenters. The van der Waals surface area contributed by atoms with Crippen LogP contribution in [0.25, 0.3) is 0 Å². The molecule has 3 N–H and O–H groups in total. The lowest BCUT2D eigenvalue weighted by Gasteiger charge is -2.32. The Hall–Kier alpha value is -0.660. The van der Waals surface area contributed by atoms with E-state index in [-0.39, 0.29) is 5.75 Å². The summed E-state index contributed by atoms with van der Waals surface area (Å²) >= 11 is 0. The first-order valence-electron chi connectivity index (χ1n) is 6.18. The van der Waals surface area contributed by atoms with E-state index in [2.05, 4.69) is 0 Å². The van der Waals surface area contributed by atoms with Crippen molar-refractivity contribution in [1.82, 2.24) is 9.73 Å². The molecular formula is C11H23N3O3S. The molecule has 0 aliphatic carbocycles. The summed E-state index contributed by atoms with van der Waals surface area (Å²) in [7, 11) is -3.41. The topological polar surface area (TPSA) is 92.5 Å². The number of hydrazine groups is 1. The Bertz CT molecular complexity index is 406. The molecule has 0 radical (unpaired) electrons. The minimum Gasteiger partial charge on any atom is -0.294 e. The van der Waals surface area contributed by atoms with E-state index in [1.807, 2.05) is 12.3 Å². The maximum absolute atomic E-state index is 12.3.